The molecule has 0 saturated carbocycles. The summed E-state index contributed by atoms with van der Waals surface area (Å²) in [7, 11) is 0. The number of nitrogens with one attached hydrogen (secondary N) is 1. The van der Waals surface area contributed by atoms with E-state index in [0.717, 1.165) is 13.1 Å². The van der Waals surface area contributed by atoms with Crippen molar-refractivity contribution in [3.63, 3.8) is 0 Å². The second-order valence-electron chi connectivity index (χ2n) is 3.28. The van der Waals surface area contributed by atoms with Crippen molar-refractivity contribution in [3.8, 4) is 0 Å². The van der Waals surface area contributed by atoms with Gasteiger partial charge in [0.2, 0.25) is 0 Å². The van der Waals surface area contributed by atoms with E-state index in [9.17, 15) is 0 Å². The highest BCUT2D eigenvalue weighted by Gasteiger charge is 2.26. The number of hydrogen-bond donors (Lipinski definition) is 2. The van der Waals surface area contributed by atoms with Crippen LogP contribution in [0.4, 0.5) is 0 Å². The first kappa shape index (κ1) is 7.03. The molecule has 0 radical (unpaired) electrons. The molecule has 1 unspecified atom stereocenters. The fourth-order valence-electron chi connectivity index (χ4n) is 1.43. The second kappa shape index (κ2) is 2.67. The van der Waals surface area contributed by atoms with Gasteiger partial charge in [0.1, 0.15) is 0 Å². The van der Waals surface area contributed by atoms with Crippen LogP contribution in [0.3, 0.4) is 0 Å². The van der Waals surface area contributed by atoms with Gasteiger partial charge in [-0.1, -0.05) is 6.92 Å². The first-order valence-electron chi connectivity index (χ1n) is 3.68. The quantitative estimate of drug-likeness (QED) is 0.562. The summed E-state index contributed by atoms with van der Waals surface area (Å²) in [4.78, 5) is 0. The summed E-state index contributed by atoms with van der Waals surface area (Å²) in [5, 5.41) is 3.34. The molecule has 1 aliphatic heterocycles. The van der Waals surface area contributed by atoms with E-state index in [1.807, 2.05) is 0 Å². The molecule has 54 valence electrons. The Morgan fingerprint density at radius 2 is 2.44 bits per heavy atom. The van der Waals surface area contributed by atoms with E-state index in [2.05, 4.69) is 12.2 Å². The molecule has 2 heteroatoms. The molecule has 1 heterocycles. The van der Waals surface area contributed by atoms with E-state index in [1.165, 1.54) is 19.4 Å². The molecule has 1 saturated heterocycles. The minimum absolute atomic E-state index is 0.509. The number of nitrogens with two attached hydrogens (primary N) is 1. The number of rotatable bonds is 2. The van der Waals surface area contributed by atoms with E-state index >= 15 is 0 Å². The molecule has 2 nitrogen and oxygen atoms in total. The Balaban J connectivity index is 2.32. The highest BCUT2D eigenvalue weighted by Crippen LogP contribution is 2.27. The van der Waals surface area contributed by atoms with E-state index < -0.39 is 0 Å². The highest BCUT2D eigenvalue weighted by atomic mass is 14.9. The van der Waals surface area contributed by atoms with Gasteiger partial charge in [-0.25, -0.2) is 0 Å². The Kier molecular flexibility index (Phi) is 2.09. The van der Waals surface area contributed by atoms with E-state index in [-0.39, 0.29) is 0 Å². The van der Waals surface area contributed by atoms with Crippen molar-refractivity contribution in [2.24, 2.45) is 11.1 Å². The summed E-state index contributed by atoms with van der Waals surface area (Å²) in [6, 6.07) is 0. The van der Waals surface area contributed by atoms with Gasteiger partial charge in [-0.3, -0.25) is 0 Å². The smallest absolute Gasteiger partial charge is 0.000611 e. The molecule has 1 fully saturated rings. The molecule has 0 amide bonds. The summed E-state index contributed by atoms with van der Waals surface area (Å²) in [5.41, 5.74) is 5.97. The zero-order valence-electron chi connectivity index (χ0n) is 6.11. The van der Waals surface area contributed by atoms with E-state index in [1.54, 1.807) is 0 Å². The maximum absolute atomic E-state index is 5.47. The summed E-state index contributed by atoms with van der Waals surface area (Å²) in [5.74, 6) is 0. The Bertz CT molecular complexity index is 84.9. The van der Waals surface area contributed by atoms with Crippen LogP contribution >= 0.6 is 0 Å². The van der Waals surface area contributed by atoms with Crippen LogP contribution in [0.25, 0.3) is 0 Å². The van der Waals surface area contributed by atoms with Gasteiger partial charge in [-0.15, -0.1) is 0 Å². The lowest BCUT2D eigenvalue weighted by atomic mass is 9.86. The van der Waals surface area contributed by atoms with Crippen molar-refractivity contribution >= 4 is 0 Å². The molecular weight excluding hydrogens is 112 g/mol. The molecule has 3 N–H and O–H groups in total. The average molecular weight is 128 g/mol. The topological polar surface area (TPSA) is 38.0 Å². The first-order chi connectivity index (χ1) is 4.27. The van der Waals surface area contributed by atoms with Crippen LogP contribution in [0.5, 0.6) is 0 Å². The van der Waals surface area contributed by atoms with Crippen LogP contribution in [-0.2, 0) is 0 Å². The molecule has 0 aromatic rings. The predicted molar refractivity (Wildman–Crippen MR) is 39.3 cm³/mol. The molecule has 0 spiro atoms. The molecule has 0 aromatic heterocycles. The van der Waals surface area contributed by atoms with Gasteiger partial charge in [-0.2, -0.15) is 0 Å². The van der Waals surface area contributed by atoms with Crippen LogP contribution in [0.1, 0.15) is 19.8 Å². The molecule has 1 aliphatic rings. The van der Waals surface area contributed by atoms with Crippen molar-refractivity contribution in [1.82, 2.24) is 5.32 Å². The van der Waals surface area contributed by atoms with Gasteiger partial charge in [-0.05, 0) is 31.3 Å². The molecule has 1 atom stereocenters. The van der Waals surface area contributed by atoms with Crippen LogP contribution in [0, 0.1) is 5.41 Å². The van der Waals surface area contributed by atoms with Crippen LogP contribution in [0.15, 0.2) is 0 Å². The highest BCUT2D eigenvalue weighted by molar-refractivity contribution is 4.83. The van der Waals surface area contributed by atoms with Gasteiger partial charge in [0.05, 0.1) is 0 Å². The third kappa shape index (κ3) is 1.66. The lowest BCUT2D eigenvalue weighted by Gasteiger charge is -2.20. The van der Waals surface area contributed by atoms with Crippen molar-refractivity contribution in [2.45, 2.75) is 19.8 Å². The molecule has 0 bridgehead atoms. The van der Waals surface area contributed by atoms with Crippen molar-refractivity contribution in [3.05, 3.63) is 0 Å². The zero-order chi connectivity index (χ0) is 6.74. The zero-order valence-corrected chi connectivity index (χ0v) is 6.11. The fraction of sp³-hybridized carbons (Fsp3) is 1.00. The minimum Gasteiger partial charge on any atom is -0.330 e. The van der Waals surface area contributed by atoms with Gasteiger partial charge < -0.3 is 11.1 Å². The second-order valence-corrected chi connectivity index (χ2v) is 3.28. The Morgan fingerprint density at radius 3 is 2.89 bits per heavy atom. The Labute approximate surface area is 56.8 Å². The maximum atomic E-state index is 5.47. The molecule has 0 aliphatic carbocycles. The van der Waals surface area contributed by atoms with Crippen molar-refractivity contribution in [2.75, 3.05) is 19.6 Å². The lowest BCUT2D eigenvalue weighted by Crippen LogP contribution is -2.23. The summed E-state index contributed by atoms with van der Waals surface area (Å²) >= 11 is 0. The predicted octanol–water partition coefficient (Wildman–Crippen LogP) is 0.335. The number of hydrogen-bond acceptors (Lipinski definition) is 2. The maximum Gasteiger partial charge on any atom is 0.000611 e. The van der Waals surface area contributed by atoms with E-state index in [4.69, 9.17) is 5.73 Å². The lowest BCUT2D eigenvalue weighted by molar-refractivity contribution is 0.340. The Morgan fingerprint density at radius 1 is 1.67 bits per heavy atom. The van der Waals surface area contributed by atoms with Gasteiger partial charge in [0.25, 0.3) is 0 Å². The van der Waals surface area contributed by atoms with Crippen LogP contribution in [-0.4, -0.2) is 19.6 Å². The third-order valence-electron chi connectivity index (χ3n) is 2.20. The molecular formula is C7H16N2. The monoisotopic (exact) mass is 128 g/mol. The molecule has 9 heavy (non-hydrogen) atoms. The van der Waals surface area contributed by atoms with Crippen molar-refractivity contribution in [1.29, 1.82) is 0 Å². The minimum atomic E-state index is 0.509. The van der Waals surface area contributed by atoms with Crippen LogP contribution in [0.2, 0.25) is 0 Å². The first-order valence-corrected chi connectivity index (χ1v) is 3.68. The van der Waals surface area contributed by atoms with Crippen molar-refractivity contribution < 1.29 is 0 Å². The Hall–Kier alpha value is -0.0800. The van der Waals surface area contributed by atoms with Gasteiger partial charge in [0, 0.05) is 6.54 Å². The summed E-state index contributed by atoms with van der Waals surface area (Å²) in [6.07, 6.45) is 2.46. The molecule has 0 aromatic carbocycles. The third-order valence-corrected chi connectivity index (χ3v) is 2.20. The van der Waals surface area contributed by atoms with Gasteiger partial charge >= 0.3 is 0 Å². The standard InChI is InChI=1S/C7H16N2/c1-7(2-4-8)3-5-9-6-7/h9H,2-6,8H2,1H3. The van der Waals surface area contributed by atoms with Gasteiger partial charge in [0.15, 0.2) is 0 Å². The fourth-order valence-corrected chi connectivity index (χ4v) is 1.43. The summed E-state index contributed by atoms with van der Waals surface area (Å²) in [6.45, 7) is 5.47. The average Bonchev–Trinajstić information content (AvgIpc) is 2.16. The molecule has 1 rings (SSSR count). The van der Waals surface area contributed by atoms with Crippen LogP contribution < -0.4 is 11.1 Å². The normalized spacial score (nSPS) is 35.3. The summed E-state index contributed by atoms with van der Waals surface area (Å²) < 4.78 is 0. The largest absolute Gasteiger partial charge is 0.330 e. The van der Waals surface area contributed by atoms with E-state index in [0.29, 0.717) is 5.41 Å². The SMILES string of the molecule is CC1(CCN)CCNC1.